The number of Topliss-reactive ketones (excluding diaryl/α,β-unsaturated/α-hetero) is 1. The van der Waals surface area contributed by atoms with Crippen molar-refractivity contribution >= 4 is 29.3 Å². The van der Waals surface area contributed by atoms with E-state index in [1.807, 2.05) is 23.5 Å². The van der Waals surface area contributed by atoms with Gasteiger partial charge < -0.3 is 0 Å². The lowest BCUT2D eigenvalue weighted by Crippen LogP contribution is -2.32. The zero-order valence-corrected chi connectivity index (χ0v) is 11.7. The first-order valence-electron chi connectivity index (χ1n) is 5.10. The Labute approximate surface area is 96.8 Å². The maximum Gasteiger partial charge on any atom is 0.137 e. The van der Waals surface area contributed by atoms with Gasteiger partial charge in [-0.05, 0) is 12.7 Å². The van der Waals surface area contributed by atoms with Crippen LogP contribution >= 0.6 is 23.5 Å². The van der Waals surface area contributed by atoms with Crippen LogP contribution in [0.25, 0.3) is 0 Å². The van der Waals surface area contributed by atoms with E-state index in [1.165, 1.54) is 0 Å². The number of carbonyl (C=O) groups is 1. The fourth-order valence-corrected chi connectivity index (χ4v) is 4.26. The van der Waals surface area contributed by atoms with Crippen LogP contribution in [-0.2, 0) is 4.79 Å². The van der Waals surface area contributed by atoms with E-state index in [4.69, 9.17) is 0 Å². The maximum absolute atomic E-state index is 11.5. The molecule has 0 amide bonds. The van der Waals surface area contributed by atoms with Crippen molar-refractivity contribution in [1.82, 2.24) is 0 Å². The van der Waals surface area contributed by atoms with Crippen molar-refractivity contribution in [1.29, 1.82) is 0 Å². The quantitative estimate of drug-likeness (QED) is 0.650. The molecule has 0 fully saturated rings. The number of hydrogen-bond acceptors (Lipinski definition) is 3. The SMILES string of the molecule is CCSC(SC(C)C)C(C)(C)C(C)=O. The molecule has 0 aromatic carbocycles. The second-order valence-electron chi connectivity index (χ2n) is 4.25. The maximum atomic E-state index is 11.5. The summed E-state index contributed by atoms with van der Waals surface area (Å²) in [7, 11) is 0. The van der Waals surface area contributed by atoms with E-state index in [0.29, 0.717) is 9.83 Å². The van der Waals surface area contributed by atoms with Crippen LogP contribution in [0.5, 0.6) is 0 Å². The minimum absolute atomic E-state index is 0.213. The van der Waals surface area contributed by atoms with Gasteiger partial charge in [0, 0.05) is 10.7 Å². The van der Waals surface area contributed by atoms with Crippen LogP contribution in [0.4, 0.5) is 0 Å². The highest BCUT2D eigenvalue weighted by Crippen LogP contribution is 2.41. The van der Waals surface area contributed by atoms with Crippen molar-refractivity contribution in [2.24, 2.45) is 5.41 Å². The molecule has 14 heavy (non-hydrogen) atoms. The highest BCUT2D eigenvalue weighted by molar-refractivity contribution is 8.17. The van der Waals surface area contributed by atoms with Gasteiger partial charge in [0.05, 0.1) is 4.58 Å². The molecule has 0 rings (SSSR count). The molecule has 0 spiro atoms. The molecule has 0 aliphatic rings. The Morgan fingerprint density at radius 2 is 1.86 bits per heavy atom. The summed E-state index contributed by atoms with van der Waals surface area (Å²) < 4.78 is 0.380. The van der Waals surface area contributed by atoms with Crippen molar-refractivity contribution < 1.29 is 4.79 Å². The van der Waals surface area contributed by atoms with Gasteiger partial charge in [-0.25, -0.2) is 0 Å². The van der Waals surface area contributed by atoms with Gasteiger partial charge >= 0.3 is 0 Å². The first-order valence-corrected chi connectivity index (χ1v) is 7.09. The summed E-state index contributed by atoms with van der Waals surface area (Å²) in [4.78, 5) is 11.5. The number of thioether (sulfide) groups is 2. The average molecular weight is 234 g/mol. The normalized spacial score (nSPS) is 14.5. The zero-order valence-electron chi connectivity index (χ0n) is 10.1. The lowest BCUT2D eigenvalue weighted by atomic mass is 9.91. The van der Waals surface area contributed by atoms with E-state index in [1.54, 1.807) is 6.92 Å². The second kappa shape index (κ2) is 6.06. The van der Waals surface area contributed by atoms with E-state index in [-0.39, 0.29) is 11.2 Å². The van der Waals surface area contributed by atoms with Crippen molar-refractivity contribution in [2.45, 2.75) is 51.4 Å². The molecule has 0 radical (unpaired) electrons. The van der Waals surface area contributed by atoms with E-state index < -0.39 is 0 Å². The van der Waals surface area contributed by atoms with Crippen LogP contribution < -0.4 is 0 Å². The molecular weight excluding hydrogens is 212 g/mol. The summed E-state index contributed by atoms with van der Waals surface area (Å²) in [6, 6.07) is 0. The van der Waals surface area contributed by atoms with E-state index in [2.05, 4.69) is 34.6 Å². The highest BCUT2D eigenvalue weighted by Gasteiger charge is 2.34. The average Bonchev–Trinajstić information content (AvgIpc) is 2.02. The van der Waals surface area contributed by atoms with Crippen molar-refractivity contribution in [2.75, 3.05) is 5.75 Å². The van der Waals surface area contributed by atoms with Crippen LogP contribution in [0.3, 0.4) is 0 Å². The van der Waals surface area contributed by atoms with Gasteiger partial charge in [-0.2, -0.15) is 0 Å². The summed E-state index contributed by atoms with van der Waals surface area (Å²) in [5.41, 5.74) is -0.213. The molecule has 0 saturated heterocycles. The summed E-state index contributed by atoms with van der Waals surface area (Å²) in [6.45, 7) is 12.3. The molecule has 0 aromatic rings. The monoisotopic (exact) mass is 234 g/mol. The molecule has 1 nitrogen and oxygen atoms in total. The fourth-order valence-electron chi connectivity index (χ4n) is 0.982. The largest absolute Gasteiger partial charge is 0.299 e. The van der Waals surface area contributed by atoms with Gasteiger partial charge in [0.25, 0.3) is 0 Å². The second-order valence-corrected chi connectivity index (χ2v) is 7.62. The Balaban J connectivity index is 4.54. The molecular formula is C11H22OS2. The molecule has 0 aliphatic heterocycles. The predicted octanol–water partition coefficient (Wildman–Crippen LogP) is 3.82. The minimum Gasteiger partial charge on any atom is -0.299 e. The van der Waals surface area contributed by atoms with E-state index >= 15 is 0 Å². The first-order chi connectivity index (χ1) is 6.32. The molecule has 0 saturated carbocycles. The lowest BCUT2D eigenvalue weighted by Gasteiger charge is -2.32. The Kier molecular flexibility index (Phi) is 6.22. The van der Waals surface area contributed by atoms with Crippen molar-refractivity contribution in [3.05, 3.63) is 0 Å². The highest BCUT2D eigenvalue weighted by atomic mass is 32.2. The smallest absolute Gasteiger partial charge is 0.137 e. The predicted molar refractivity (Wildman–Crippen MR) is 69.1 cm³/mol. The fraction of sp³-hybridized carbons (Fsp3) is 0.909. The van der Waals surface area contributed by atoms with E-state index in [0.717, 1.165) is 5.75 Å². The van der Waals surface area contributed by atoms with Gasteiger partial charge in [-0.1, -0.05) is 34.6 Å². The van der Waals surface area contributed by atoms with Gasteiger partial charge in [-0.3, -0.25) is 4.79 Å². The van der Waals surface area contributed by atoms with Gasteiger partial charge in [0.15, 0.2) is 0 Å². The third-order valence-electron chi connectivity index (χ3n) is 2.21. The Morgan fingerprint density at radius 1 is 1.36 bits per heavy atom. The Morgan fingerprint density at radius 3 is 2.14 bits per heavy atom. The molecule has 1 atom stereocenters. The number of ketones is 1. The van der Waals surface area contributed by atoms with Gasteiger partial charge in [0.2, 0.25) is 0 Å². The third kappa shape index (κ3) is 4.26. The molecule has 84 valence electrons. The molecule has 3 heteroatoms. The third-order valence-corrected chi connectivity index (χ3v) is 5.56. The molecule has 1 unspecified atom stereocenters. The van der Waals surface area contributed by atoms with Crippen LogP contribution in [0.1, 0.15) is 41.5 Å². The summed E-state index contributed by atoms with van der Waals surface area (Å²) in [5.74, 6) is 1.36. The molecule has 0 aliphatic carbocycles. The minimum atomic E-state index is -0.213. The standard InChI is InChI=1S/C11H22OS2/c1-7-13-10(14-8(2)3)11(5,6)9(4)12/h8,10H,7H2,1-6H3. The molecule has 0 aromatic heterocycles. The Bertz CT molecular complexity index is 188. The van der Waals surface area contributed by atoms with Crippen LogP contribution in [0, 0.1) is 5.41 Å². The van der Waals surface area contributed by atoms with Crippen LogP contribution in [0.2, 0.25) is 0 Å². The van der Waals surface area contributed by atoms with Crippen LogP contribution in [-0.4, -0.2) is 21.4 Å². The summed E-state index contributed by atoms with van der Waals surface area (Å²) in [5, 5.41) is 0.581. The topological polar surface area (TPSA) is 17.1 Å². The summed E-state index contributed by atoms with van der Waals surface area (Å²) in [6.07, 6.45) is 0. The number of hydrogen-bond donors (Lipinski definition) is 0. The zero-order chi connectivity index (χ0) is 11.4. The number of carbonyl (C=O) groups excluding carboxylic acids is 1. The Hall–Kier alpha value is 0.370. The van der Waals surface area contributed by atoms with Crippen LogP contribution in [0.15, 0.2) is 0 Å². The number of rotatable bonds is 6. The van der Waals surface area contributed by atoms with E-state index in [9.17, 15) is 4.79 Å². The molecule has 0 N–H and O–H groups in total. The summed E-state index contributed by atoms with van der Waals surface area (Å²) >= 11 is 3.78. The first kappa shape index (κ1) is 14.4. The van der Waals surface area contributed by atoms with Crippen molar-refractivity contribution in [3.8, 4) is 0 Å². The van der Waals surface area contributed by atoms with Gasteiger partial charge in [0.1, 0.15) is 5.78 Å². The molecule has 0 heterocycles. The van der Waals surface area contributed by atoms with Crippen molar-refractivity contribution in [3.63, 3.8) is 0 Å². The molecule has 0 bridgehead atoms. The lowest BCUT2D eigenvalue weighted by molar-refractivity contribution is -0.124. The van der Waals surface area contributed by atoms with Gasteiger partial charge in [-0.15, -0.1) is 23.5 Å².